The number of amides is 1. The summed E-state index contributed by atoms with van der Waals surface area (Å²) in [6, 6.07) is 25.2. The number of carbonyl (C=O) groups is 3. The lowest BCUT2D eigenvalue weighted by atomic mass is 9.94. The lowest BCUT2D eigenvalue weighted by Crippen LogP contribution is -2.57. The summed E-state index contributed by atoms with van der Waals surface area (Å²) in [5, 5.41) is 3.43. The molecule has 0 saturated carbocycles. The van der Waals surface area contributed by atoms with Crippen LogP contribution in [-0.2, 0) is 30.4 Å². The molecule has 3 aromatic carbocycles. The molecule has 44 heavy (non-hydrogen) atoms. The molecule has 8 heteroatoms. The average molecular weight is 593 g/mol. The molecule has 1 saturated heterocycles. The molecule has 1 amide bonds. The van der Waals surface area contributed by atoms with Crippen LogP contribution in [0.5, 0.6) is 0 Å². The van der Waals surface area contributed by atoms with Gasteiger partial charge in [-0.05, 0) is 52.7 Å². The first-order valence-electron chi connectivity index (χ1n) is 15.0. The molecular weight excluding hydrogens is 556 g/mol. The highest BCUT2D eigenvalue weighted by Gasteiger charge is 2.38. The predicted molar refractivity (Wildman–Crippen MR) is 165 cm³/mol. The number of ether oxygens (including phenoxy) is 3. The third-order valence-corrected chi connectivity index (χ3v) is 8.61. The standard InChI is InChI=1S/C36H36N2O6/c1-23-16-19-32(37-30-17-18-31(39)34(33(30)35(40)42-2)43-21-24-10-4-3-5-11-24)38(20-23)36(41)44-22-29-27-14-8-6-12-25(27)26-13-7-9-15-28(26)29/h3-15,17-18,23,29-30,32,37H,16,19-22H2,1-2H3/t23-,30?,32?/m1/s1. The van der Waals surface area contributed by atoms with Crippen LogP contribution in [0, 0.1) is 5.92 Å². The number of hydrogen-bond donors (Lipinski definition) is 1. The van der Waals surface area contributed by atoms with E-state index in [1.54, 1.807) is 11.0 Å². The molecule has 1 N–H and O–H groups in total. The molecule has 3 aliphatic rings. The van der Waals surface area contributed by atoms with E-state index in [9.17, 15) is 14.4 Å². The zero-order valence-electron chi connectivity index (χ0n) is 24.9. The number of carbonyl (C=O) groups excluding carboxylic acids is 3. The Morgan fingerprint density at radius 2 is 1.57 bits per heavy atom. The van der Waals surface area contributed by atoms with Crippen LogP contribution in [0.3, 0.4) is 0 Å². The Kier molecular flexibility index (Phi) is 8.61. The van der Waals surface area contributed by atoms with Crippen molar-refractivity contribution in [2.24, 2.45) is 5.92 Å². The second kappa shape index (κ2) is 12.9. The highest BCUT2D eigenvalue weighted by molar-refractivity contribution is 6.10. The largest absolute Gasteiger partial charge is 0.484 e. The number of nitrogens with one attached hydrogen (secondary N) is 1. The maximum absolute atomic E-state index is 13.7. The highest BCUT2D eigenvalue weighted by atomic mass is 16.6. The molecule has 2 aliphatic carbocycles. The number of ketones is 1. The van der Waals surface area contributed by atoms with Gasteiger partial charge >= 0.3 is 12.1 Å². The van der Waals surface area contributed by atoms with E-state index in [0.717, 1.165) is 23.1 Å². The monoisotopic (exact) mass is 592 g/mol. The Balaban J connectivity index is 1.20. The third kappa shape index (κ3) is 5.90. The van der Waals surface area contributed by atoms with Gasteiger partial charge in [-0.1, -0.05) is 91.9 Å². The van der Waals surface area contributed by atoms with Crippen LogP contribution in [0.15, 0.2) is 102 Å². The Morgan fingerprint density at radius 3 is 2.25 bits per heavy atom. The van der Waals surface area contributed by atoms with Gasteiger partial charge in [-0.25, -0.2) is 9.59 Å². The molecular formula is C36H36N2O6. The minimum Gasteiger partial charge on any atom is -0.484 e. The Bertz CT molecular complexity index is 1570. The molecule has 1 fully saturated rings. The van der Waals surface area contributed by atoms with E-state index in [4.69, 9.17) is 14.2 Å². The molecule has 1 aliphatic heterocycles. The maximum Gasteiger partial charge on any atom is 0.411 e. The molecule has 0 bridgehead atoms. The minimum absolute atomic E-state index is 0.0505. The van der Waals surface area contributed by atoms with Crippen molar-refractivity contribution in [1.82, 2.24) is 10.2 Å². The molecule has 0 radical (unpaired) electrons. The van der Waals surface area contributed by atoms with E-state index in [2.05, 4.69) is 36.5 Å². The summed E-state index contributed by atoms with van der Waals surface area (Å²) in [6.07, 6.45) is 3.70. The number of likely N-dealkylation sites (tertiary alicyclic amines) is 1. The predicted octanol–water partition coefficient (Wildman–Crippen LogP) is 5.73. The first-order valence-corrected chi connectivity index (χ1v) is 15.0. The normalized spacial score (nSPS) is 21.1. The van der Waals surface area contributed by atoms with Gasteiger partial charge in [0, 0.05) is 12.5 Å². The van der Waals surface area contributed by atoms with Gasteiger partial charge in [0.15, 0.2) is 5.76 Å². The van der Waals surface area contributed by atoms with Crippen LogP contribution in [0.4, 0.5) is 4.79 Å². The Morgan fingerprint density at radius 1 is 0.909 bits per heavy atom. The molecule has 226 valence electrons. The summed E-state index contributed by atoms with van der Waals surface area (Å²) in [5.74, 6) is -0.911. The van der Waals surface area contributed by atoms with E-state index in [1.807, 2.05) is 54.6 Å². The summed E-state index contributed by atoms with van der Waals surface area (Å²) in [6.45, 7) is 2.94. The fourth-order valence-corrected chi connectivity index (χ4v) is 6.39. The van der Waals surface area contributed by atoms with Crippen LogP contribution in [-0.4, -0.2) is 55.2 Å². The molecule has 8 nitrogen and oxygen atoms in total. The SMILES string of the molecule is COC(=O)C1=C(OCc2ccccc2)C(=O)C=CC1NC1CC[C@@H](C)CN1C(=O)OCC1c2ccccc2-c2ccccc21. The number of methoxy groups -OCH3 is 1. The molecule has 2 unspecified atom stereocenters. The van der Waals surface area contributed by atoms with Crippen molar-refractivity contribution in [3.63, 3.8) is 0 Å². The molecule has 6 rings (SSSR count). The van der Waals surface area contributed by atoms with Crippen LogP contribution >= 0.6 is 0 Å². The average Bonchev–Trinajstić information content (AvgIpc) is 3.38. The number of benzene rings is 3. The number of nitrogens with zero attached hydrogens (tertiary/aromatic N) is 1. The van der Waals surface area contributed by atoms with E-state index in [1.165, 1.54) is 24.3 Å². The summed E-state index contributed by atoms with van der Waals surface area (Å²) in [5.41, 5.74) is 5.58. The lowest BCUT2D eigenvalue weighted by molar-refractivity contribution is -0.137. The van der Waals surface area contributed by atoms with Crippen molar-refractivity contribution in [2.75, 3.05) is 20.3 Å². The summed E-state index contributed by atoms with van der Waals surface area (Å²) in [7, 11) is 1.27. The van der Waals surface area contributed by atoms with E-state index < -0.39 is 30.1 Å². The van der Waals surface area contributed by atoms with Gasteiger partial charge in [0.25, 0.3) is 0 Å². The number of allylic oxidation sites excluding steroid dienone is 1. The number of fused-ring (bicyclic) bond motifs is 3. The fourth-order valence-electron chi connectivity index (χ4n) is 6.39. The number of esters is 1. The van der Waals surface area contributed by atoms with Crippen molar-refractivity contribution >= 4 is 17.8 Å². The maximum atomic E-state index is 13.7. The molecule has 3 atom stereocenters. The van der Waals surface area contributed by atoms with Crippen molar-refractivity contribution < 1.29 is 28.6 Å². The molecule has 0 spiro atoms. The van der Waals surface area contributed by atoms with Gasteiger partial charge in [0.2, 0.25) is 5.78 Å². The van der Waals surface area contributed by atoms with Gasteiger partial charge in [0.05, 0.1) is 19.3 Å². The lowest BCUT2D eigenvalue weighted by Gasteiger charge is -2.40. The second-order valence-electron chi connectivity index (χ2n) is 11.5. The molecule has 0 aromatic heterocycles. The fraction of sp³-hybridized carbons (Fsp3) is 0.306. The van der Waals surface area contributed by atoms with E-state index >= 15 is 0 Å². The number of hydrogen-bond acceptors (Lipinski definition) is 7. The zero-order valence-corrected chi connectivity index (χ0v) is 24.9. The quantitative estimate of drug-likeness (QED) is 0.334. The first kappa shape index (κ1) is 29.4. The minimum atomic E-state index is -0.701. The number of piperidine rings is 1. The van der Waals surface area contributed by atoms with Crippen molar-refractivity contribution in [3.8, 4) is 11.1 Å². The Labute approximate surface area is 257 Å². The molecule has 1 heterocycles. The van der Waals surface area contributed by atoms with Crippen molar-refractivity contribution in [2.45, 2.75) is 44.5 Å². The zero-order chi connectivity index (χ0) is 30.6. The smallest absolute Gasteiger partial charge is 0.411 e. The van der Waals surface area contributed by atoms with Gasteiger partial charge in [0.1, 0.15) is 18.8 Å². The van der Waals surface area contributed by atoms with Crippen molar-refractivity contribution in [3.05, 3.63) is 119 Å². The third-order valence-electron chi connectivity index (χ3n) is 8.61. The van der Waals surface area contributed by atoms with E-state index in [0.29, 0.717) is 13.0 Å². The van der Waals surface area contributed by atoms with Crippen LogP contribution < -0.4 is 5.32 Å². The van der Waals surface area contributed by atoms with Crippen LogP contribution in [0.2, 0.25) is 0 Å². The van der Waals surface area contributed by atoms with Crippen molar-refractivity contribution in [1.29, 1.82) is 0 Å². The second-order valence-corrected chi connectivity index (χ2v) is 11.5. The van der Waals surface area contributed by atoms with Crippen LogP contribution in [0.1, 0.15) is 42.4 Å². The van der Waals surface area contributed by atoms with E-state index in [-0.39, 0.29) is 36.4 Å². The summed E-state index contributed by atoms with van der Waals surface area (Å²) < 4.78 is 17.0. The first-order chi connectivity index (χ1) is 21.4. The summed E-state index contributed by atoms with van der Waals surface area (Å²) >= 11 is 0. The topological polar surface area (TPSA) is 94.2 Å². The van der Waals surface area contributed by atoms with Gasteiger partial charge in [-0.3, -0.25) is 15.0 Å². The Hall–Kier alpha value is -4.69. The van der Waals surface area contributed by atoms with Crippen LogP contribution in [0.25, 0.3) is 11.1 Å². The highest BCUT2D eigenvalue weighted by Crippen LogP contribution is 2.44. The van der Waals surface area contributed by atoms with Gasteiger partial charge in [-0.15, -0.1) is 0 Å². The number of rotatable bonds is 8. The molecule has 3 aromatic rings. The van der Waals surface area contributed by atoms with Gasteiger partial charge < -0.3 is 14.2 Å². The van der Waals surface area contributed by atoms with Gasteiger partial charge in [-0.2, -0.15) is 0 Å². The summed E-state index contributed by atoms with van der Waals surface area (Å²) in [4.78, 5) is 41.3.